The molecular formula is C33H53N5O7S. The summed E-state index contributed by atoms with van der Waals surface area (Å²) in [4.78, 5) is 69.0. The van der Waals surface area contributed by atoms with Gasteiger partial charge in [0.15, 0.2) is 0 Å². The Labute approximate surface area is 273 Å². The van der Waals surface area contributed by atoms with Gasteiger partial charge in [-0.25, -0.2) is 13.2 Å². The highest BCUT2D eigenvalue weighted by atomic mass is 32.2. The van der Waals surface area contributed by atoms with Crippen molar-refractivity contribution < 1.29 is 32.4 Å². The highest BCUT2D eigenvalue weighted by molar-refractivity contribution is 7.90. The van der Waals surface area contributed by atoms with E-state index in [1.165, 1.54) is 11.0 Å². The molecule has 258 valence electrons. The molecule has 4 rings (SSSR count). The van der Waals surface area contributed by atoms with Gasteiger partial charge in [0.25, 0.3) is 5.91 Å². The van der Waals surface area contributed by atoms with Crippen LogP contribution in [0.15, 0.2) is 12.7 Å². The first kappa shape index (κ1) is 35.9. The third-order valence-corrected chi connectivity index (χ3v) is 11.5. The summed E-state index contributed by atoms with van der Waals surface area (Å²) in [6.07, 6.45) is 8.43. The van der Waals surface area contributed by atoms with E-state index in [0.717, 1.165) is 38.4 Å². The quantitative estimate of drug-likeness (QED) is 0.173. The summed E-state index contributed by atoms with van der Waals surface area (Å²) >= 11 is 0. The number of carbonyl (C=O) groups excluding carboxylic acids is 5. The number of rotatable bonds is 13. The lowest BCUT2D eigenvalue weighted by atomic mass is 9.83. The Morgan fingerprint density at radius 1 is 1.02 bits per heavy atom. The van der Waals surface area contributed by atoms with Crippen LogP contribution in [0.5, 0.6) is 0 Å². The van der Waals surface area contributed by atoms with Crippen molar-refractivity contribution in [1.29, 1.82) is 0 Å². The molecule has 0 aromatic rings. The van der Waals surface area contributed by atoms with Crippen molar-refractivity contribution in [3.8, 4) is 0 Å². The summed E-state index contributed by atoms with van der Waals surface area (Å²) in [5, 5.41) is 11.1. The van der Waals surface area contributed by atoms with Crippen LogP contribution in [0.2, 0.25) is 0 Å². The van der Waals surface area contributed by atoms with Gasteiger partial charge in [0, 0.05) is 19.3 Å². The first-order valence-electron chi connectivity index (χ1n) is 16.6. The van der Waals surface area contributed by atoms with E-state index in [2.05, 4.69) is 41.7 Å². The minimum absolute atomic E-state index is 0.0652. The third kappa shape index (κ3) is 8.30. The number of carbonyl (C=O) groups is 5. The molecule has 0 aromatic heterocycles. The Bertz CT molecular complexity index is 1340. The van der Waals surface area contributed by atoms with Crippen LogP contribution in [-0.2, 0) is 29.0 Å². The molecule has 0 bridgehead atoms. The summed E-state index contributed by atoms with van der Waals surface area (Å²) in [5.41, 5.74) is -1.86. The zero-order valence-electron chi connectivity index (χ0n) is 28.2. The second kappa shape index (κ2) is 13.3. The average Bonchev–Trinajstić information content (AvgIpc) is 3.79. The van der Waals surface area contributed by atoms with E-state index in [-0.39, 0.29) is 35.5 Å². The molecule has 3 saturated carbocycles. The Hall–Kier alpha value is -2.96. The predicted molar refractivity (Wildman–Crippen MR) is 174 cm³/mol. The molecule has 3 unspecified atom stereocenters. The average molecular weight is 664 g/mol. The summed E-state index contributed by atoms with van der Waals surface area (Å²) < 4.78 is 24.6. The Balaban J connectivity index is 1.54. The number of ketones is 1. The van der Waals surface area contributed by atoms with Crippen LogP contribution < -0.4 is 21.3 Å². The predicted octanol–water partition coefficient (Wildman–Crippen LogP) is 2.09. The fourth-order valence-corrected chi connectivity index (χ4v) is 9.02. The molecule has 3 aliphatic carbocycles. The lowest BCUT2D eigenvalue weighted by Crippen LogP contribution is -2.63. The molecule has 4 fully saturated rings. The maximum absolute atomic E-state index is 14.3. The van der Waals surface area contributed by atoms with Gasteiger partial charge in [-0.2, -0.15) is 0 Å². The first-order valence-corrected chi connectivity index (χ1v) is 18.7. The number of nitrogens with one attached hydrogen (secondary N) is 4. The number of likely N-dealkylation sites (tertiary alicyclic amines) is 1. The fourth-order valence-electron chi connectivity index (χ4n) is 7.66. The zero-order valence-corrected chi connectivity index (χ0v) is 29.1. The third-order valence-electron chi connectivity index (χ3n) is 10.4. The zero-order chi connectivity index (χ0) is 34.2. The molecule has 46 heavy (non-hydrogen) atoms. The topological polar surface area (TPSA) is 171 Å². The molecule has 1 saturated heterocycles. The molecular weight excluding hydrogens is 610 g/mol. The molecule has 13 heteroatoms. The van der Waals surface area contributed by atoms with Crippen molar-refractivity contribution in [1.82, 2.24) is 26.2 Å². The number of hydrogen-bond acceptors (Lipinski definition) is 7. The second-order valence-electron chi connectivity index (χ2n) is 15.8. The van der Waals surface area contributed by atoms with Crippen LogP contribution in [0.3, 0.4) is 0 Å². The lowest BCUT2D eigenvalue weighted by molar-refractivity contribution is -0.145. The molecule has 0 radical (unpaired) electrons. The molecule has 5 atom stereocenters. The minimum atomic E-state index is -3.39. The van der Waals surface area contributed by atoms with Crippen LogP contribution in [0.4, 0.5) is 4.79 Å². The van der Waals surface area contributed by atoms with Gasteiger partial charge in [0.05, 0.1) is 17.3 Å². The molecule has 12 nitrogen and oxygen atoms in total. The Kier molecular flexibility index (Phi) is 10.4. The first-order chi connectivity index (χ1) is 21.3. The Morgan fingerprint density at radius 3 is 2.20 bits per heavy atom. The van der Waals surface area contributed by atoms with Crippen LogP contribution in [0.1, 0.15) is 86.0 Å². The van der Waals surface area contributed by atoms with Gasteiger partial charge in [0.1, 0.15) is 21.9 Å². The number of amides is 5. The molecule has 4 aliphatic rings. The molecule has 5 amide bonds. The van der Waals surface area contributed by atoms with Gasteiger partial charge in [-0.3, -0.25) is 19.2 Å². The normalized spacial score (nSPS) is 26.1. The number of Topliss-reactive ketones (excluding diaryl/α,β-unsaturated/α-hetero) is 1. The van der Waals surface area contributed by atoms with Gasteiger partial charge in [0.2, 0.25) is 17.6 Å². The molecule has 4 N–H and O–H groups in total. The van der Waals surface area contributed by atoms with Crippen molar-refractivity contribution >= 4 is 39.4 Å². The van der Waals surface area contributed by atoms with Gasteiger partial charge in [-0.1, -0.05) is 72.8 Å². The maximum Gasteiger partial charge on any atom is 0.315 e. The highest BCUT2D eigenvalue weighted by Crippen LogP contribution is 2.65. The second-order valence-corrected chi connectivity index (χ2v) is 17.9. The number of sulfone groups is 1. The van der Waals surface area contributed by atoms with Crippen molar-refractivity contribution in [3.05, 3.63) is 12.7 Å². The van der Waals surface area contributed by atoms with E-state index in [1.54, 1.807) is 0 Å². The number of nitrogens with zero attached hydrogens (tertiary/aromatic N) is 1. The van der Waals surface area contributed by atoms with Crippen LogP contribution in [0.25, 0.3) is 0 Å². The van der Waals surface area contributed by atoms with Crippen LogP contribution in [-0.4, -0.2) is 91.6 Å². The summed E-state index contributed by atoms with van der Waals surface area (Å²) in [6.45, 7) is 13.6. The summed E-state index contributed by atoms with van der Waals surface area (Å²) in [5.74, 6) is -2.41. The largest absolute Gasteiger partial charge is 0.346 e. The maximum atomic E-state index is 14.3. The van der Waals surface area contributed by atoms with E-state index in [9.17, 15) is 32.4 Å². The van der Waals surface area contributed by atoms with Crippen LogP contribution >= 0.6 is 0 Å². The van der Waals surface area contributed by atoms with Crippen molar-refractivity contribution in [2.75, 3.05) is 25.1 Å². The number of fused-ring (bicyclic) bond motifs is 1. The number of urea groups is 1. The van der Waals surface area contributed by atoms with Gasteiger partial charge in [-0.15, -0.1) is 6.58 Å². The monoisotopic (exact) mass is 663 g/mol. The molecule has 1 heterocycles. The molecule has 0 spiro atoms. The van der Waals surface area contributed by atoms with E-state index < -0.39 is 68.5 Å². The van der Waals surface area contributed by atoms with Crippen molar-refractivity contribution in [3.63, 3.8) is 0 Å². The smallest absolute Gasteiger partial charge is 0.315 e. The highest BCUT2D eigenvalue weighted by Gasteiger charge is 2.70. The van der Waals surface area contributed by atoms with Crippen molar-refractivity contribution in [2.45, 2.75) is 110 Å². The lowest BCUT2D eigenvalue weighted by Gasteiger charge is -2.40. The van der Waals surface area contributed by atoms with E-state index in [4.69, 9.17) is 0 Å². The molecule has 0 aromatic carbocycles. The number of piperidine rings is 1. The summed E-state index contributed by atoms with van der Waals surface area (Å²) in [7, 11) is -3.39. The van der Waals surface area contributed by atoms with Gasteiger partial charge < -0.3 is 26.2 Å². The number of hydrogen-bond donors (Lipinski definition) is 4. The fraction of sp³-hybridized carbons (Fsp3) is 0.788. The van der Waals surface area contributed by atoms with E-state index >= 15 is 0 Å². The van der Waals surface area contributed by atoms with Gasteiger partial charge >= 0.3 is 6.03 Å². The van der Waals surface area contributed by atoms with E-state index in [0.29, 0.717) is 25.8 Å². The van der Waals surface area contributed by atoms with E-state index in [1.807, 2.05) is 20.8 Å². The van der Waals surface area contributed by atoms with Crippen molar-refractivity contribution in [2.24, 2.45) is 28.6 Å². The van der Waals surface area contributed by atoms with Crippen LogP contribution in [0, 0.1) is 28.6 Å². The standard InChI is InChI=1S/C33H53N5O7S/c1-8-16-34-28(41)25(39)22(17-20-12-13-20)35-27(40)24-23-21(32(23,5)6)18-38(24)29(42)26(31(2,3)4)36-30(43)37-33(19-46(7,44)45)14-10-9-11-15-33/h8,20-24,26H,1,9-19H2,2-7H3,(H,34,41)(H,35,40)(H2,36,37,43)/t21-,22?,23?,24?,26-/m1/s1. The summed E-state index contributed by atoms with van der Waals surface area (Å²) in [6, 6.07) is -3.52. The minimum Gasteiger partial charge on any atom is -0.346 e. The SMILES string of the molecule is C=CCNC(=O)C(=O)C(CC1CC1)NC(=O)C1C2[C@@H](CN1C(=O)[C@@H](NC(=O)NC1(CS(C)(=O)=O)CCCCC1)C(C)(C)C)C2(C)C. The molecule has 1 aliphatic heterocycles. The van der Waals surface area contributed by atoms with Gasteiger partial charge in [-0.05, 0) is 47.8 Å². The Morgan fingerprint density at radius 2 is 1.65 bits per heavy atom.